The molecule has 6 rings (SSSR count). The first kappa shape index (κ1) is 18.5. The monoisotopic (exact) mass is 395 g/mol. The summed E-state index contributed by atoms with van der Waals surface area (Å²) < 4.78 is 0. The van der Waals surface area contributed by atoms with Crippen LogP contribution >= 0.6 is 11.6 Å². The van der Waals surface area contributed by atoms with Crippen LogP contribution in [-0.2, 0) is 12.0 Å². The van der Waals surface area contributed by atoms with Crippen LogP contribution in [0.4, 0.5) is 0 Å². The van der Waals surface area contributed by atoms with E-state index in [1.54, 1.807) is 0 Å². The van der Waals surface area contributed by atoms with E-state index in [-0.39, 0.29) is 0 Å². The molecule has 4 aliphatic rings. The molecule has 0 unspecified atom stereocenters. The molecular weight excluding hydrogens is 366 g/mol. The van der Waals surface area contributed by atoms with Gasteiger partial charge < -0.3 is 10.0 Å². The molecule has 0 spiro atoms. The van der Waals surface area contributed by atoms with Crippen molar-refractivity contribution in [2.24, 2.45) is 17.8 Å². The van der Waals surface area contributed by atoms with Crippen LogP contribution in [0.25, 0.3) is 11.1 Å². The Balaban J connectivity index is 1.63. The van der Waals surface area contributed by atoms with Gasteiger partial charge in [-0.25, -0.2) is 0 Å². The third kappa shape index (κ3) is 3.15. The van der Waals surface area contributed by atoms with Gasteiger partial charge in [0.2, 0.25) is 0 Å². The normalized spacial score (nSPS) is 30.9. The number of hydrogen-bond acceptors (Lipinski definition) is 2. The van der Waals surface area contributed by atoms with Crippen molar-refractivity contribution in [2.45, 2.75) is 50.5 Å². The molecule has 148 valence electrons. The van der Waals surface area contributed by atoms with Gasteiger partial charge in [0, 0.05) is 22.7 Å². The molecule has 4 fully saturated rings. The van der Waals surface area contributed by atoms with Crippen LogP contribution < -0.4 is 0 Å². The first-order valence-electron chi connectivity index (χ1n) is 10.7. The molecule has 4 aliphatic carbocycles. The van der Waals surface area contributed by atoms with Crippen molar-refractivity contribution < 1.29 is 5.11 Å². The molecule has 0 heterocycles. The fourth-order valence-electron chi connectivity index (χ4n) is 6.78. The highest BCUT2D eigenvalue weighted by atomic mass is 35.5. The number of hydrogen-bond donors (Lipinski definition) is 1. The lowest BCUT2D eigenvalue weighted by atomic mass is 9.48. The second-order valence-electron chi connectivity index (χ2n) is 9.97. The molecule has 0 atom stereocenters. The molecule has 0 amide bonds. The van der Waals surface area contributed by atoms with Gasteiger partial charge in [-0.15, -0.1) is 0 Å². The number of phenols is 1. The van der Waals surface area contributed by atoms with E-state index in [0.29, 0.717) is 11.2 Å². The molecule has 4 saturated carbocycles. The van der Waals surface area contributed by atoms with Crippen molar-refractivity contribution in [3.05, 3.63) is 52.5 Å². The molecule has 28 heavy (non-hydrogen) atoms. The van der Waals surface area contributed by atoms with E-state index < -0.39 is 0 Å². The Labute approximate surface area is 173 Å². The van der Waals surface area contributed by atoms with Crippen molar-refractivity contribution in [1.29, 1.82) is 0 Å². The van der Waals surface area contributed by atoms with E-state index in [9.17, 15) is 5.11 Å². The van der Waals surface area contributed by atoms with Gasteiger partial charge in [-0.1, -0.05) is 29.8 Å². The lowest BCUT2D eigenvalue weighted by Crippen LogP contribution is -2.48. The van der Waals surface area contributed by atoms with Gasteiger partial charge in [-0.05, 0) is 105 Å². The summed E-state index contributed by atoms with van der Waals surface area (Å²) in [5.74, 6) is 3.16. The fourth-order valence-corrected chi connectivity index (χ4v) is 6.90. The molecular formula is C25H30ClNO. The maximum Gasteiger partial charge on any atom is 0.127 e. The quantitative estimate of drug-likeness (QED) is 0.662. The predicted octanol–water partition coefficient (Wildman–Crippen LogP) is 6.24. The fraction of sp³-hybridized carbons (Fsp3) is 0.520. The molecule has 0 aliphatic heterocycles. The number of rotatable bonds is 4. The molecule has 2 aromatic carbocycles. The zero-order valence-electron chi connectivity index (χ0n) is 16.9. The van der Waals surface area contributed by atoms with E-state index in [4.69, 9.17) is 11.6 Å². The van der Waals surface area contributed by atoms with Crippen molar-refractivity contribution in [3.8, 4) is 16.9 Å². The minimum absolute atomic E-state index is 0.324. The predicted molar refractivity (Wildman–Crippen MR) is 116 cm³/mol. The minimum atomic E-state index is 0.324. The molecule has 2 aromatic rings. The SMILES string of the molecule is CN(C)Cc1cc(C23CC4CC(CC(C4)C2)C3)cc(-c2ccc(Cl)cc2)c1O. The van der Waals surface area contributed by atoms with Crippen LogP contribution in [0, 0.1) is 17.8 Å². The first-order chi connectivity index (χ1) is 13.4. The Hall–Kier alpha value is -1.51. The van der Waals surface area contributed by atoms with Crippen LogP contribution in [0.1, 0.15) is 49.7 Å². The maximum absolute atomic E-state index is 11.1. The highest BCUT2D eigenvalue weighted by molar-refractivity contribution is 6.30. The van der Waals surface area contributed by atoms with Gasteiger partial charge in [0.25, 0.3) is 0 Å². The Morgan fingerprint density at radius 2 is 1.54 bits per heavy atom. The standard InChI is InChI=1S/C25H30ClNO/c1-27(2)15-20-10-21(11-23(24(20)28)19-3-5-22(26)6-4-19)25-12-16-7-17(13-25)9-18(8-16)14-25/h3-6,10-11,16-18,28H,7-9,12-15H2,1-2H3. The second kappa shape index (κ2) is 6.78. The Kier molecular flexibility index (Phi) is 4.48. The Morgan fingerprint density at radius 3 is 2.07 bits per heavy atom. The van der Waals surface area contributed by atoms with Crippen LogP contribution in [0.5, 0.6) is 5.75 Å². The van der Waals surface area contributed by atoms with Crippen LogP contribution in [0.3, 0.4) is 0 Å². The first-order valence-corrected chi connectivity index (χ1v) is 11.1. The molecule has 2 nitrogen and oxygen atoms in total. The topological polar surface area (TPSA) is 23.5 Å². The molecule has 4 bridgehead atoms. The van der Waals surface area contributed by atoms with Gasteiger partial charge in [-0.3, -0.25) is 0 Å². The molecule has 0 radical (unpaired) electrons. The summed E-state index contributed by atoms with van der Waals surface area (Å²) in [6.45, 7) is 0.757. The van der Waals surface area contributed by atoms with E-state index in [0.717, 1.165) is 46.0 Å². The van der Waals surface area contributed by atoms with Crippen molar-refractivity contribution in [1.82, 2.24) is 4.90 Å². The van der Waals surface area contributed by atoms with Crippen molar-refractivity contribution in [2.75, 3.05) is 14.1 Å². The summed E-state index contributed by atoms with van der Waals surface area (Å²) in [5, 5.41) is 11.8. The lowest BCUT2D eigenvalue weighted by molar-refractivity contribution is -0.00523. The van der Waals surface area contributed by atoms with E-state index in [2.05, 4.69) is 31.1 Å². The van der Waals surface area contributed by atoms with Gasteiger partial charge in [0.05, 0.1) is 0 Å². The van der Waals surface area contributed by atoms with E-state index in [1.807, 2.05) is 24.3 Å². The van der Waals surface area contributed by atoms with Crippen LogP contribution in [0.2, 0.25) is 5.02 Å². The van der Waals surface area contributed by atoms with E-state index >= 15 is 0 Å². The third-order valence-electron chi connectivity index (χ3n) is 7.48. The Bertz CT molecular complexity index is 851. The zero-order chi connectivity index (χ0) is 19.5. The number of halogens is 1. The molecule has 0 aromatic heterocycles. The van der Waals surface area contributed by atoms with E-state index in [1.165, 1.54) is 44.1 Å². The van der Waals surface area contributed by atoms with Gasteiger partial charge in [-0.2, -0.15) is 0 Å². The summed E-state index contributed by atoms with van der Waals surface area (Å²) in [6, 6.07) is 12.5. The summed E-state index contributed by atoms with van der Waals surface area (Å²) in [5.41, 5.74) is 4.84. The number of phenolic OH excluding ortho intramolecular Hbond substituents is 1. The summed E-state index contributed by atoms with van der Waals surface area (Å²) >= 11 is 6.11. The minimum Gasteiger partial charge on any atom is -0.507 e. The number of benzene rings is 2. The van der Waals surface area contributed by atoms with Crippen molar-refractivity contribution in [3.63, 3.8) is 0 Å². The maximum atomic E-state index is 11.1. The van der Waals surface area contributed by atoms with Crippen molar-refractivity contribution >= 4 is 11.6 Å². The highest BCUT2D eigenvalue weighted by Crippen LogP contribution is 2.61. The van der Waals surface area contributed by atoms with Gasteiger partial charge in [0.15, 0.2) is 0 Å². The summed E-state index contributed by atoms with van der Waals surface area (Å²) in [6.07, 6.45) is 8.37. The van der Waals surface area contributed by atoms with Crippen LogP contribution in [0.15, 0.2) is 36.4 Å². The molecule has 3 heteroatoms. The third-order valence-corrected chi connectivity index (χ3v) is 7.73. The summed E-state index contributed by atoms with van der Waals surface area (Å²) in [7, 11) is 4.14. The average Bonchev–Trinajstić information content (AvgIpc) is 2.62. The zero-order valence-corrected chi connectivity index (χ0v) is 17.7. The lowest BCUT2D eigenvalue weighted by Gasteiger charge is -2.57. The highest BCUT2D eigenvalue weighted by Gasteiger charge is 2.51. The average molecular weight is 396 g/mol. The number of nitrogens with zero attached hydrogens (tertiary/aromatic N) is 1. The van der Waals surface area contributed by atoms with Crippen LogP contribution in [-0.4, -0.2) is 24.1 Å². The second-order valence-corrected chi connectivity index (χ2v) is 10.4. The smallest absolute Gasteiger partial charge is 0.127 e. The van der Waals surface area contributed by atoms with Gasteiger partial charge >= 0.3 is 0 Å². The molecule has 1 N–H and O–H groups in total. The molecule has 0 saturated heterocycles. The van der Waals surface area contributed by atoms with Gasteiger partial charge in [0.1, 0.15) is 5.75 Å². The largest absolute Gasteiger partial charge is 0.507 e. The summed E-state index contributed by atoms with van der Waals surface area (Å²) in [4.78, 5) is 2.14. The number of aromatic hydroxyl groups is 1. The Morgan fingerprint density at radius 1 is 0.964 bits per heavy atom.